The van der Waals surface area contributed by atoms with E-state index in [4.69, 9.17) is 9.84 Å². The Labute approximate surface area is 179 Å². The summed E-state index contributed by atoms with van der Waals surface area (Å²) in [6, 6.07) is 19.9. The lowest BCUT2D eigenvalue weighted by Crippen LogP contribution is -2.33. The lowest BCUT2D eigenvalue weighted by atomic mass is 10.1. The molecule has 3 aromatic rings. The van der Waals surface area contributed by atoms with E-state index in [9.17, 15) is 5.11 Å². The quantitative estimate of drug-likeness (QED) is 0.466. The number of aromatic nitrogens is 2. The van der Waals surface area contributed by atoms with Gasteiger partial charge in [0.25, 0.3) is 0 Å². The lowest BCUT2D eigenvalue weighted by molar-refractivity contribution is 0.100. The summed E-state index contributed by atoms with van der Waals surface area (Å²) in [5, 5.41) is 15.2. The van der Waals surface area contributed by atoms with E-state index in [-0.39, 0.29) is 6.10 Å². The molecule has 3 rings (SSSR count). The Morgan fingerprint density at radius 3 is 2.30 bits per heavy atom. The van der Waals surface area contributed by atoms with Gasteiger partial charge in [-0.25, -0.2) is 4.68 Å². The summed E-state index contributed by atoms with van der Waals surface area (Å²) in [5.41, 5.74) is 2.96. The fourth-order valence-electron chi connectivity index (χ4n) is 3.67. The van der Waals surface area contributed by atoms with Crippen LogP contribution in [-0.4, -0.2) is 39.0 Å². The Balaban J connectivity index is 1.96. The van der Waals surface area contributed by atoms with Gasteiger partial charge in [0.2, 0.25) is 5.88 Å². The van der Waals surface area contributed by atoms with Crippen LogP contribution in [0.15, 0.2) is 60.7 Å². The number of aryl methyl sites for hydroxylation is 1. The van der Waals surface area contributed by atoms with Crippen molar-refractivity contribution >= 4 is 0 Å². The molecule has 5 nitrogen and oxygen atoms in total. The van der Waals surface area contributed by atoms with E-state index in [2.05, 4.69) is 18.7 Å². The summed E-state index contributed by atoms with van der Waals surface area (Å²) >= 11 is 0. The minimum absolute atomic E-state index is 0.315. The second kappa shape index (κ2) is 11.0. The van der Waals surface area contributed by atoms with Crippen LogP contribution in [0.5, 0.6) is 11.6 Å². The molecule has 1 heterocycles. The maximum Gasteiger partial charge on any atom is 0.227 e. The van der Waals surface area contributed by atoms with E-state index in [1.165, 1.54) is 0 Å². The molecule has 5 heteroatoms. The fraction of sp³-hybridized carbons (Fsp3) is 0.400. The first-order chi connectivity index (χ1) is 14.6. The molecule has 0 unspecified atom stereocenters. The van der Waals surface area contributed by atoms with E-state index in [1.807, 2.05) is 72.3 Å². The van der Waals surface area contributed by atoms with E-state index < -0.39 is 0 Å². The van der Waals surface area contributed by atoms with E-state index in [0.717, 1.165) is 54.4 Å². The second-order valence-corrected chi connectivity index (χ2v) is 7.71. The molecule has 0 aliphatic heterocycles. The van der Waals surface area contributed by atoms with Gasteiger partial charge in [0.15, 0.2) is 0 Å². The van der Waals surface area contributed by atoms with Gasteiger partial charge >= 0.3 is 0 Å². The zero-order valence-electron chi connectivity index (χ0n) is 18.3. The van der Waals surface area contributed by atoms with Gasteiger partial charge in [-0.2, -0.15) is 5.10 Å². The van der Waals surface area contributed by atoms with Crippen LogP contribution in [0.4, 0.5) is 0 Å². The van der Waals surface area contributed by atoms with Crippen molar-refractivity contribution in [3.8, 4) is 17.3 Å². The minimum atomic E-state index is -0.315. The number of benzene rings is 2. The molecular weight excluding hydrogens is 374 g/mol. The Kier molecular flexibility index (Phi) is 8.05. The Morgan fingerprint density at radius 2 is 1.67 bits per heavy atom. The predicted octanol–water partition coefficient (Wildman–Crippen LogP) is 5.35. The van der Waals surface area contributed by atoms with Gasteiger partial charge in [-0.15, -0.1) is 0 Å². The van der Waals surface area contributed by atoms with Gasteiger partial charge in [0.05, 0.1) is 23.0 Å². The molecule has 0 saturated heterocycles. The highest BCUT2D eigenvalue weighted by Crippen LogP contribution is 2.31. The van der Waals surface area contributed by atoms with Gasteiger partial charge in [-0.05, 0) is 50.6 Å². The van der Waals surface area contributed by atoms with E-state index in [0.29, 0.717) is 13.1 Å². The van der Waals surface area contributed by atoms with Crippen LogP contribution >= 0.6 is 0 Å². The van der Waals surface area contributed by atoms with Crippen molar-refractivity contribution in [2.24, 2.45) is 0 Å². The van der Waals surface area contributed by atoms with Crippen LogP contribution in [0.25, 0.3) is 5.69 Å². The van der Waals surface area contributed by atoms with Crippen molar-refractivity contribution in [3.63, 3.8) is 0 Å². The summed E-state index contributed by atoms with van der Waals surface area (Å²) in [5.74, 6) is 1.51. The first-order valence-corrected chi connectivity index (χ1v) is 10.9. The van der Waals surface area contributed by atoms with Crippen molar-refractivity contribution in [3.05, 3.63) is 71.9 Å². The number of aliphatic hydroxyl groups is 1. The van der Waals surface area contributed by atoms with Gasteiger partial charge in [-0.1, -0.05) is 56.7 Å². The largest absolute Gasteiger partial charge is 0.439 e. The Hall–Kier alpha value is -2.63. The van der Waals surface area contributed by atoms with Crippen LogP contribution in [0.1, 0.15) is 44.4 Å². The molecule has 30 heavy (non-hydrogen) atoms. The van der Waals surface area contributed by atoms with Crippen LogP contribution in [0.2, 0.25) is 0 Å². The maximum absolute atomic E-state index is 10.4. The SMILES string of the molecule is CCC[C@H](O)CN(CCC)Cc1c(C)nn(-c2ccccc2)c1Oc1ccccc1. The van der Waals surface area contributed by atoms with Crippen molar-refractivity contribution in [2.75, 3.05) is 13.1 Å². The predicted molar refractivity (Wildman–Crippen MR) is 121 cm³/mol. The topological polar surface area (TPSA) is 50.5 Å². The first kappa shape index (κ1) is 22.1. The number of ether oxygens (including phenoxy) is 1. The van der Waals surface area contributed by atoms with Crippen molar-refractivity contribution in [1.82, 2.24) is 14.7 Å². The second-order valence-electron chi connectivity index (χ2n) is 7.71. The number of hydrogen-bond donors (Lipinski definition) is 1. The Morgan fingerprint density at radius 1 is 1.00 bits per heavy atom. The molecule has 160 valence electrons. The minimum Gasteiger partial charge on any atom is -0.439 e. The normalized spacial score (nSPS) is 12.3. The third kappa shape index (κ3) is 5.71. The standard InChI is InChI=1S/C25H33N3O2/c1-4-12-22(29)18-27(17-5-2)19-24-20(3)26-28(21-13-8-6-9-14-21)25(24)30-23-15-10-7-11-16-23/h6-11,13-16,22,29H,4-5,12,17-19H2,1-3H3/t22-/m0/s1. The molecule has 1 N–H and O–H groups in total. The maximum atomic E-state index is 10.4. The molecule has 2 aromatic carbocycles. The summed E-state index contributed by atoms with van der Waals surface area (Å²) in [6.45, 7) is 8.56. The molecule has 0 fully saturated rings. The molecule has 1 aromatic heterocycles. The number of para-hydroxylation sites is 2. The number of rotatable bonds is 11. The van der Waals surface area contributed by atoms with Gasteiger partial charge in [-0.3, -0.25) is 4.90 Å². The molecule has 1 atom stereocenters. The molecule has 0 amide bonds. The molecule has 0 bridgehead atoms. The molecule has 0 saturated carbocycles. The summed E-state index contributed by atoms with van der Waals surface area (Å²) in [7, 11) is 0. The average molecular weight is 408 g/mol. The number of aliphatic hydroxyl groups excluding tert-OH is 1. The van der Waals surface area contributed by atoms with Crippen molar-refractivity contribution < 1.29 is 9.84 Å². The molecule has 0 aliphatic carbocycles. The highest BCUT2D eigenvalue weighted by molar-refractivity contribution is 5.43. The highest BCUT2D eigenvalue weighted by atomic mass is 16.5. The molecule has 0 aliphatic rings. The van der Waals surface area contributed by atoms with Crippen molar-refractivity contribution in [2.45, 2.75) is 52.7 Å². The highest BCUT2D eigenvalue weighted by Gasteiger charge is 2.22. The van der Waals surface area contributed by atoms with Gasteiger partial charge < -0.3 is 9.84 Å². The average Bonchev–Trinajstić information content (AvgIpc) is 3.05. The van der Waals surface area contributed by atoms with Crippen molar-refractivity contribution in [1.29, 1.82) is 0 Å². The van der Waals surface area contributed by atoms with Crippen LogP contribution in [0.3, 0.4) is 0 Å². The number of hydrogen-bond acceptors (Lipinski definition) is 4. The Bertz CT molecular complexity index is 894. The van der Waals surface area contributed by atoms with Crippen LogP contribution in [-0.2, 0) is 6.54 Å². The molecule has 0 radical (unpaired) electrons. The van der Waals surface area contributed by atoms with Crippen LogP contribution in [0, 0.1) is 6.92 Å². The fourth-order valence-corrected chi connectivity index (χ4v) is 3.67. The molecule has 0 spiro atoms. The van der Waals surface area contributed by atoms with E-state index >= 15 is 0 Å². The monoisotopic (exact) mass is 407 g/mol. The summed E-state index contributed by atoms with van der Waals surface area (Å²) < 4.78 is 8.24. The zero-order valence-corrected chi connectivity index (χ0v) is 18.3. The summed E-state index contributed by atoms with van der Waals surface area (Å²) in [6.07, 6.45) is 2.51. The van der Waals surface area contributed by atoms with Crippen LogP contribution < -0.4 is 4.74 Å². The third-order valence-corrected chi connectivity index (χ3v) is 5.11. The van der Waals surface area contributed by atoms with Gasteiger partial charge in [0, 0.05) is 13.1 Å². The first-order valence-electron chi connectivity index (χ1n) is 10.9. The van der Waals surface area contributed by atoms with E-state index in [1.54, 1.807) is 0 Å². The zero-order chi connectivity index (χ0) is 21.3. The van der Waals surface area contributed by atoms with Gasteiger partial charge in [0.1, 0.15) is 5.75 Å². The number of nitrogens with zero attached hydrogens (tertiary/aromatic N) is 3. The smallest absolute Gasteiger partial charge is 0.227 e. The molecular formula is C25H33N3O2. The third-order valence-electron chi connectivity index (χ3n) is 5.11. The lowest BCUT2D eigenvalue weighted by Gasteiger charge is -2.25. The summed E-state index contributed by atoms with van der Waals surface area (Å²) in [4.78, 5) is 2.30.